The number of amides is 1. The molecule has 1 unspecified atom stereocenters. The molecule has 1 amide bonds. The minimum atomic E-state index is -0.781. The molecule has 1 atom stereocenters. The first-order valence-electron chi connectivity index (χ1n) is 11.1. The molecule has 2 aromatic carbocycles. The molecule has 0 saturated carbocycles. The molecule has 2 N–H and O–H groups in total. The van der Waals surface area contributed by atoms with E-state index >= 15 is 0 Å². The molecule has 4 aromatic rings. The lowest BCUT2D eigenvalue weighted by atomic mass is 9.86. The van der Waals surface area contributed by atoms with Gasteiger partial charge in [-0.15, -0.1) is 0 Å². The molecule has 0 saturated heterocycles. The van der Waals surface area contributed by atoms with Crippen LogP contribution in [0.2, 0.25) is 0 Å². The maximum Gasteiger partial charge on any atom is 0.339 e. The molecule has 0 spiro atoms. The van der Waals surface area contributed by atoms with E-state index in [1.54, 1.807) is 12.3 Å². The molecule has 0 aliphatic carbocycles. The first-order valence-corrected chi connectivity index (χ1v) is 11.1. The van der Waals surface area contributed by atoms with Gasteiger partial charge in [-0.05, 0) is 36.0 Å². The van der Waals surface area contributed by atoms with E-state index < -0.39 is 11.7 Å². The van der Waals surface area contributed by atoms with Gasteiger partial charge in [0.1, 0.15) is 11.2 Å². The molecule has 6 heteroatoms. The Balaban J connectivity index is 1.53. The van der Waals surface area contributed by atoms with Crippen molar-refractivity contribution in [2.24, 2.45) is 0 Å². The standard InChI is InChI=1S/C27H29NO5/c1-16-18(10-11-25(30)28-14-22(29)17-8-6-5-7-9-17)26(31)33-24-13-23-20(12-19(16)24)21(15-32-23)27(2,3)4/h5-9,12-13,15,22,29H,10-11,14H2,1-4H3,(H,28,30). The molecular weight excluding hydrogens is 418 g/mol. The van der Waals surface area contributed by atoms with Gasteiger partial charge >= 0.3 is 5.63 Å². The average Bonchev–Trinajstić information content (AvgIpc) is 3.20. The highest BCUT2D eigenvalue weighted by Crippen LogP contribution is 2.35. The Morgan fingerprint density at radius 3 is 2.52 bits per heavy atom. The highest BCUT2D eigenvalue weighted by atomic mass is 16.4. The highest BCUT2D eigenvalue weighted by Gasteiger charge is 2.22. The predicted molar refractivity (Wildman–Crippen MR) is 128 cm³/mol. The van der Waals surface area contributed by atoms with Crippen molar-refractivity contribution in [1.82, 2.24) is 5.32 Å². The summed E-state index contributed by atoms with van der Waals surface area (Å²) in [6.07, 6.45) is 1.36. The van der Waals surface area contributed by atoms with Gasteiger partial charge in [-0.2, -0.15) is 0 Å². The number of rotatable bonds is 6. The third-order valence-corrected chi connectivity index (χ3v) is 6.07. The fourth-order valence-corrected chi connectivity index (χ4v) is 4.11. The summed E-state index contributed by atoms with van der Waals surface area (Å²) >= 11 is 0. The zero-order valence-corrected chi connectivity index (χ0v) is 19.4. The fourth-order valence-electron chi connectivity index (χ4n) is 4.11. The molecule has 0 bridgehead atoms. The number of hydrogen-bond donors (Lipinski definition) is 2. The molecular formula is C27H29NO5. The number of aliphatic hydroxyl groups excluding tert-OH is 1. The Morgan fingerprint density at radius 1 is 1.09 bits per heavy atom. The molecule has 0 aliphatic heterocycles. The van der Waals surface area contributed by atoms with Gasteiger partial charge in [-0.3, -0.25) is 4.79 Å². The minimum absolute atomic E-state index is 0.0896. The predicted octanol–water partition coefficient (Wildman–Crippen LogP) is 4.93. The van der Waals surface area contributed by atoms with E-state index in [2.05, 4.69) is 26.1 Å². The zero-order valence-electron chi connectivity index (χ0n) is 19.4. The number of furan rings is 1. The summed E-state index contributed by atoms with van der Waals surface area (Å²) in [5.74, 6) is -0.232. The second-order valence-electron chi connectivity index (χ2n) is 9.47. The monoisotopic (exact) mass is 447 g/mol. The minimum Gasteiger partial charge on any atom is -0.464 e. The summed E-state index contributed by atoms with van der Waals surface area (Å²) in [6, 6.07) is 12.9. The Labute approximate surface area is 192 Å². The van der Waals surface area contributed by atoms with Gasteiger partial charge in [0.15, 0.2) is 0 Å². The Hall–Kier alpha value is -3.38. The van der Waals surface area contributed by atoms with Crippen LogP contribution in [0.15, 0.2) is 62.4 Å². The van der Waals surface area contributed by atoms with Gasteiger partial charge in [0.25, 0.3) is 0 Å². The SMILES string of the molecule is Cc1c(CCC(=O)NCC(O)c2ccccc2)c(=O)oc2cc3occ(C(C)(C)C)c3cc12. The van der Waals surface area contributed by atoms with Crippen LogP contribution in [0.4, 0.5) is 0 Å². The summed E-state index contributed by atoms with van der Waals surface area (Å²) in [7, 11) is 0. The lowest BCUT2D eigenvalue weighted by Gasteiger charge is -2.16. The van der Waals surface area contributed by atoms with Crippen molar-refractivity contribution >= 4 is 27.8 Å². The molecule has 4 rings (SSSR count). The number of hydrogen-bond acceptors (Lipinski definition) is 5. The number of nitrogens with one attached hydrogen (secondary N) is 1. The van der Waals surface area contributed by atoms with Crippen molar-refractivity contribution in [3.05, 3.63) is 81.4 Å². The molecule has 2 aromatic heterocycles. The fraction of sp³-hybridized carbons (Fsp3) is 0.333. The third kappa shape index (κ3) is 4.71. The van der Waals surface area contributed by atoms with Crippen LogP contribution >= 0.6 is 0 Å². The topological polar surface area (TPSA) is 92.7 Å². The van der Waals surface area contributed by atoms with E-state index in [-0.39, 0.29) is 30.7 Å². The third-order valence-electron chi connectivity index (χ3n) is 6.07. The van der Waals surface area contributed by atoms with Crippen LogP contribution in [-0.4, -0.2) is 17.6 Å². The van der Waals surface area contributed by atoms with Crippen LogP contribution in [0.25, 0.3) is 21.9 Å². The summed E-state index contributed by atoms with van der Waals surface area (Å²) in [6.45, 7) is 8.37. The zero-order chi connectivity index (χ0) is 23.8. The number of benzene rings is 2. The van der Waals surface area contributed by atoms with E-state index in [0.717, 1.165) is 27.5 Å². The van der Waals surface area contributed by atoms with E-state index in [1.807, 2.05) is 43.3 Å². The largest absolute Gasteiger partial charge is 0.464 e. The average molecular weight is 448 g/mol. The number of aryl methyl sites for hydroxylation is 1. The van der Waals surface area contributed by atoms with Crippen molar-refractivity contribution in [2.45, 2.75) is 52.1 Å². The van der Waals surface area contributed by atoms with E-state index in [1.165, 1.54) is 0 Å². The smallest absolute Gasteiger partial charge is 0.339 e. The van der Waals surface area contributed by atoms with Crippen LogP contribution in [0.1, 0.15) is 55.5 Å². The van der Waals surface area contributed by atoms with Crippen molar-refractivity contribution < 1.29 is 18.7 Å². The van der Waals surface area contributed by atoms with Crippen molar-refractivity contribution in [3.63, 3.8) is 0 Å². The lowest BCUT2D eigenvalue weighted by molar-refractivity contribution is -0.121. The van der Waals surface area contributed by atoms with E-state index in [9.17, 15) is 14.7 Å². The van der Waals surface area contributed by atoms with Crippen LogP contribution in [0.5, 0.6) is 0 Å². The van der Waals surface area contributed by atoms with Gasteiger partial charge in [0.05, 0.1) is 12.4 Å². The maximum atomic E-state index is 12.6. The second kappa shape index (κ2) is 8.87. The van der Waals surface area contributed by atoms with Crippen LogP contribution < -0.4 is 10.9 Å². The maximum absolute atomic E-state index is 12.6. The van der Waals surface area contributed by atoms with Gasteiger partial charge < -0.3 is 19.3 Å². The Bertz CT molecular complexity index is 1360. The van der Waals surface area contributed by atoms with Crippen molar-refractivity contribution in [2.75, 3.05) is 6.54 Å². The highest BCUT2D eigenvalue weighted by molar-refractivity contribution is 5.96. The normalized spacial score (nSPS) is 12.9. The van der Waals surface area contributed by atoms with Crippen LogP contribution in [0.3, 0.4) is 0 Å². The first kappa shape index (κ1) is 22.8. The quantitative estimate of drug-likeness (QED) is 0.409. The summed E-state index contributed by atoms with van der Waals surface area (Å²) < 4.78 is 11.3. The summed E-state index contributed by atoms with van der Waals surface area (Å²) in [4.78, 5) is 25.0. The van der Waals surface area contributed by atoms with Gasteiger partial charge in [0.2, 0.25) is 5.91 Å². The molecule has 0 aliphatic rings. The van der Waals surface area contributed by atoms with Gasteiger partial charge in [-0.25, -0.2) is 4.79 Å². The van der Waals surface area contributed by atoms with Crippen LogP contribution in [0, 0.1) is 6.92 Å². The first-order chi connectivity index (χ1) is 15.6. The number of fused-ring (bicyclic) bond motifs is 2. The number of carbonyl (C=O) groups is 1. The lowest BCUT2D eigenvalue weighted by Crippen LogP contribution is -2.29. The van der Waals surface area contributed by atoms with Crippen molar-refractivity contribution in [3.8, 4) is 0 Å². The Morgan fingerprint density at radius 2 is 1.82 bits per heavy atom. The molecule has 0 radical (unpaired) electrons. The van der Waals surface area contributed by atoms with E-state index in [4.69, 9.17) is 8.83 Å². The van der Waals surface area contributed by atoms with Gasteiger partial charge in [0, 0.05) is 40.9 Å². The molecule has 6 nitrogen and oxygen atoms in total. The number of aliphatic hydroxyl groups is 1. The van der Waals surface area contributed by atoms with Crippen LogP contribution in [-0.2, 0) is 16.6 Å². The van der Waals surface area contributed by atoms with E-state index in [0.29, 0.717) is 16.7 Å². The Kier molecular flexibility index (Phi) is 6.13. The number of carbonyl (C=O) groups excluding carboxylic acids is 1. The summed E-state index contributed by atoms with van der Waals surface area (Å²) in [5.41, 5.74) is 3.74. The molecule has 172 valence electrons. The van der Waals surface area contributed by atoms with Crippen molar-refractivity contribution in [1.29, 1.82) is 0 Å². The second-order valence-corrected chi connectivity index (χ2v) is 9.47. The summed E-state index contributed by atoms with van der Waals surface area (Å²) in [5, 5.41) is 14.8. The molecule has 2 heterocycles. The molecule has 0 fully saturated rings. The van der Waals surface area contributed by atoms with Gasteiger partial charge in [-0.1, -0.05) is 51.1 Å². The molecule has 33 heavy (non-hydrogen) atoms.